The van der Waals surface area contributed by atoms with Crippen LogP contribution in [0.5, 0.6) is 0 Å². The van der Waals surface area contributed by atoms with Crippen molar-refractivity contribution < 1.29 is 8.78 Å². The molecule has 0 aliphatic carbocycles. The van der Waals surface area contributed by atoms with Gasteiger partial charge in [-0.1, -0.05) is 24.3 Å². The predicted octanol–water partition coefficient (Wildman–Crippen LogP) is 4.06. The van der Waals surface area contributed by atoms with Gasteiger partial charge < -0.3 is 10.3 Å². The first kappa shape index (κ1) is 11.7. The highest BCUT2D eigenvalue weighted by Gasteiger charge is 2.09. The zero-order valence-electron chi connectivity index (χ0n) is 10.1. The molecule has 4 heteroatoms. The van der Waals surface area contributed by atoms with E-state index < -0.39 is 11.6 Å². The first-order chi connectivity index (χ1) is 9.25. The van der Waals surface area contributed by atoms with E-state index in [1.54, 1.807) is 0 Å². The number of hydrogen-bond acceptors (Lipinski definition) is 1. The third-order valence-electron chi connectivity index (χ3n) is 3.09. The van der Waals surface area contributed by atoms with Crippen LogP contribution in [-0.2, 0) is 6.54 Å². The number of aromatic amines is 1. The van der Waals surface area contributed by atoms with Crippen LogP contribution in [-0.4, -0.2) is 4.98 Å². The van der Waals surface area contributed by atoms with E-state index in [4.69, 9.17) is 0 Å². The largest absolute Gasteiger partial charge is 0.376 e. The second-order valence-corrected chi connectivity index (χ2v) is 4.31. The lowest BCUT2D eigenvalue weighted by atomic mass is 10.1. The summed E-state index contributed by atoms with van der Waals surface area (Å²) in [6.45, 7) is 0.363. The summed E-state index contributed by atoms with van der Waals surface area (Å²) >= 11 is 0. The van der Waals surface area contributed by atoms with Gasteiger partial charge in [-0.3, -0.25) is 0 Å². The number of nitrogens with one attached hydrogen (secondary N) is 2. The molecule has 2 aromatic carbocycles. The van der Waals surface area contributed by atoms with E-state index in [9.17, 15) is 8.78 Å². The summed E-state index contributed by atoms with van der Waals surface area (Å²) in [4.78, 5) is 3.13. The summed E-state index contributed by atoms with van der Waals surface area (Å²) in [5.74, 6) is -1.17. The van der Waals surface area contributed by atoms with Crippen molar-refractivity contribution in [2.75, 3.05) is 5.32 Å². The number of benzene rings is 2. The van der Waals surface area contributed by atoms with Gasteiger partial charge in [-0.2, -0.15) is 0 Å². The Hall–Kier alpha value is -2.36. The molecule has 0 radical (unpaired) electrons. The molecule has 0 unspecified atom stereocenters. The molecule has 0 bridgehead atoms. The lowest BCUT2D eigenvalue weighted by Gasteiger charge is -2.07. The number of para-hydroxylation sites is 2. The molecule has 0 saturated carbocycles. The zero-order valence-corrected chi connectivity index (χ0v) is 10.1. The van der Waals surface area contributed by atoms with Crippen molar-refractivity contribution in [2.24, 2.45) is 0 Å². The van der Waals surface area contributed by atoms with Gasteiger partial charge in [0.2, 0.25) is 0 Å². The molecule has 1 heterocycles. The van der Waals surface area contributed by atoms with Crippen LogP contribution in [0.1, 0.15) is 5.56 Å². The average Bonchev–Trinajstić information content (AvgIpc) is 2.82. The molecule has 0 aliphatic heterocycles. The van der Waals surface area contributed by atoms with E-state index in [0.29, 0.717) is 6.54 Å². The van der Waals surface area contributed by atoms with Crippen LogP contribution in [0.4, 0.5) is 14.5 Å². The fourth-order valence-electron chi connectivity index (χ4n) is 2.13. The van der Waals surface area contributed by atoms with E-state index in [1.807, 2.05) is 30.5 Å². The SMILES string of the molecule is Fc1cccc(F)c1NCc1c[nH]c2ccccc12. The van der Waals surface area contributed by atoms with Crippen molar-refractivity contribution in [1.82, 2.24) is 4.98 Å². The molecule has 0 amide bonds. The standard InChI is InChI=1S/C15H12F2N2/c16-12-5-3-6-13(17)15(12)19-9-10-8-18-14-7-2-1-4-11(10)14/h1-8,18-19H,9H2. The van der Waals surface area contributed by atoms with Crippen molar-refractivity contribution in [1.29, 1.82) is 0 Å². The Kier molecular flexibility index (Phi) is 2.91. The summed E-state index contributed by atoms with van der Waals surface area (Å²) in [5.41, 5.74) is 1.89. The van der Waals surface area contributed by atoms with Crippen LogP contribution in [0.3, 0.4) is 0 Å². The Balaban J connectivity index is 1.87. The third kappa shape index (κ3) is 2.17. The first-order valence-corrected chi connectivity index (χ1v) is 5.98. The maximum Gasteiger partial charge on any atom is 0.149 e. The second-order valence-electron chi connectivity index (χ2n) is 4.31. The molecule has 19 heavy (non-hydrogen) atoms. The van der Waals surface area contributed by atoms with E-state index in [0.717, 1.165) is 16.5 Å². The minimum atomic E-state index is -0.583. The molecule has 3 rings (SSSR count). The quantitative estimate of drug-likeness (QED) is 0.728. The van der Waals surface area contributed by atoms with Gasteiger partial charge in [0, 0.05) is 23.6 Å². The van der Waals surface area contributed by atoms with Crippen molar-refractivity contribution in [3.8, 4) is 0 Å². The van der Waals surface area contributed by atoms with Crippen LogP contribution < -0.4 is 5.32 Å². The van der Waals surface area contributed by atoms with Crippen LogP contribution >= 0.6 is 0 Å². The Labute approximate surface area is 109 Å². The third-order valence-corrected chi connectivity index (χ3v) is 3.09. The van der Waals surface area contributed by atoms with Crippen molar-refractivity contribution in [3.05, 3.63) is 65.9 Å². The van der Waals surface area contributed by atoms with Crippen LogP contribution in [0.25, 0.3) is 10.9 Å². The molecular formula is C15H12F2N2. The first-order valence-electron chi connectivity index (χ1n) is 5.98. The Morgan fingerprint density at radius 3 is 2.47 bits per heavy atom. The number of aromatic nitrogens is 1. The summed E-state index contributed by atoms with van der Waals surface area (Å²) < 4.78 is 27.0. The van der Waals surface area contributed by atoms with E-state index in [1.165, 1.54) is 18.2 Å². The number of rotatable bonds is 3. The van der Waals surface area contributed by atoms with Gasteiger partial charge in [0.25, 0.3) is 0 Å². The van der Waals surface area contributed by atoms with Crippen molar-refractivity contribution in [2.45, 2.75) is 6.54 Å². The number of halogens is 2. The van der Waals surface area contributed by atoms with Crippen LogP contribution in [0.15, 0.2) is 48.7 Å². The maximum absolute atomic E-state index is 13.5. The Morgan fingerprint density at radius 2 is 1.68 bits per heavy atom. The molecule has 2 nitrogen and oxygen atoms in total. The summed E-state index contributed by atoms with van der Waals surface area (Å²) in [6.07, 6.45) is 1.84. The maximum atomic E-state index is 13.5. The fraction of sp³-hybridized carbons (Fsp3) is 0.0667. The zero-order chi connectivity index (χ0) is 13.2. The van der Waals surface area contributed by atoms with Crippen molar-refractivity contribution >= 4 is 16.6 Å². The van der Waals surface area contributed by atoms with Gasteiger partial charge in [0.15, 0.2) is 0 Å². The summed E-state index contributed by atoms with van der Waals surface area (Å²) in [6, 6.07) is 11.6. The Morgan fingerprint density at radius 1 is 0.947 bits per heavy atom. The summed E-state index contributed by atoms with van der Waals surface area (Å²) in [5, 5.41) is 3.85. The number of fused-ring (bicyclic) bond motifs is 1. The van der Waals surface area contributed by atoms with E-state index in [-0.39, 0.29) is 5.69 Å². The lowest BCUT2D eigenvalue weighted by Crippen LogP contribution is -2.03. The monoisotopic (exact) mass is 258 g/mol. The van der Waals surface area contributed by atoms with Crippen LogP contribution in [0.2, 0.25) is 0 Å². The topological polar surface area (TPSA) is 27.8 Å². The normalized spacial score (nSPS) is 10.8. The molecule has 0 aliphatic rings. The minimum absolute atomic E-state index is 0.0900. The molecule has 2 N–H and O–H groups in total. The van der Waals surface area contributed by atoms with Gasteiger partial charge in [-0.25, -0.2) is 8.78 Å². The van der Waals surface area contributed by atoms with Gasteiger partial charge in [0.1, 0.15) is 17.3 Å². The predicted molar refractivity (Wildman–Crippen MR) is 72.0 cm³/mol. The minimum Gasteiger partial charge on any atom is -0.376 e. The van der Waals surface area contributed by atoms with E-state index in [2.05, 4.69) is 10.3 Å². The number of hydrogen-bond donors (Lipinski definition) is 2. The van der Waals surface area contributed by atoms with Gasteiger partial charge >= 0.3 is 0 Å². The summed E-state index contributed by atoms with van der Waals surface area (Å²) in [7, 11) is 0. The molecule has 0 saturated heterocycles. The van der Waals surface area contributed by atoms with Gasteiger partial charge in [0.05, 0.1) is 0 Å². The van der Waals surface area contributed by atoms with Gasteiger partial charge in [-0.15, -0.1) is 0 Å². The van der Waals surface area contributed by atoms with Crippen LogP contribution in [0, 0.1) is 11.6 Å². The number of H-pyrrole nitrogens is 1. The highest BCUT2D eigenvalue weighted by atomic mass is 19.1. The van der Waals surface area contributed by atoms with Crippen molar-refractivity contribution in [3.63, 3.8) is 0 Å². The average molecular weight is 258 g/mol. The molecule has 1 aromatic heterocycles. The van der Waals surface area contributed by atoms with Gasteiger partial charge in [-0.05, 0) is 23.8 Å². The smallest absolute Gasteiger partial charge is 0.149 e. The highest BCUT2D eigenvalue weighted by Crippen LogP contribution is 2.22. The molecule has 3 aromatic rings. The number of anilines is 1. The molecule has 0 spiro atoms. The molecular weight excluding hydrogens is 246 g/mol. The van der Waals surface area contributed by atoms with E-state index >= 15 is 0 Å². The molecule has 0 fully saturated rings. The molecule has 96 valence electrons. The Bertz CT molecular complexity index is 699. The highest BCUT2D eigenvalue weighted by molar-refractivity contribution is 5.83. The second kappa shape index (κ2) is 4.72. The fourth-order valence-corrected chi connectivity index (χ4v) is 2.13. The molecule has 0 atom stereocenters. The lowest BCUT2D eigenvalue weighted by molar-refractivity contribution is 0.588.